The minimum absolute atomic E-state index is 0.376. The number of hydrazone groups is 1. The number of nitrogens with zero attached hydrogens (tertiary/aromatic N) is 1. The van der Waals surface area contributed by atoms with Crippen LogP contribution >= 0.6 is 11.6 Å². The van der Waals surface area contributed by atoms with Crippen LogP contribution in [0.5, 0.6) is 11.5 Å². The van der Waals surface area contributed by atoms with E-state index in [4.69, 9.17) is 21.1 Å². The largest absolute Gasteiger partial charge is 0.490 e. The number of aryl methyl sites for hydroxylation is 2. The molecule has 0 saturated heterocycles. The van der Waals surface area contributed by atoms with Crippen LogP contribution < -0.4 is 20.2 Å². The second-order valence-corrected chi connectivity index (χ2v) is 8.30. The van der Waals surface area contributed by atoms with Gasteiger partial charge < -0.3 is 14.8 Å². The second-order valence-electron chi connectivity index (χ2n) is 7.90. The normalized spacial score (nSPS) is 10.7. The number of hydrogen-bond acceptors (Lipinski definition) is 5. The van der Waals surface area contributed by atoms with Crippen molar-refractivity contribution in [2.24, 2.45) is 5.10 Å². The summed E-state index contributed by atoms with van der Waals surface area (Å²) in [6, 6.07) is 18.6. The first-order valence-electron chi connectivity index (χ1n) is 11.2. The van der Waals surface area contributed by atoms with Crippen LogP contribution in [-0.2, 0) is 16.2 Å². The van der Waals surface area contributed by atoms with Gasteiger partial charge >= 0.3 is 0 Å². The standard InChI is InChI=1S/C27H28ClN3O4/c1-4-34-25-13-21(10-12-24(25)35-17-20-8-5-18(2)6-9-20)16-29-31-27(33)15-26(32)30-22-11-7-19(3)23(28)14-22/h5-14,16H,4,15,17H2,1-3H3,(H,30,32)(H,31,33). The molecule has 182 valence electrons. The maximum atomic E-state index is 12.1. The summed E-state index contributed by atoms with van der Waals surface area (Å²) in [6.07, 6.45) is 1.10. The Bertz CT molecular complexity index is 1210. The monoisotopic (exact) mass is 493 g/mol. The number of nitrogens with one attached hydrogen (secondary N) is 2. The molecule has 0 atom stereocenters. The highest BCUT2D eigenvalue weighted by Crippen LogP contribution is 2.29. The Kier molecular flexibility index (Phi) is 9.26. The summed E-state index contributed by atoms with van der Waals surface area (Å²) in [5, 5.41) is 7.11. The molecule has 2 N–H and O–H groups in total. The van der Waals surface area contributed by atoms with Crippen molar-refractivity contribution < 1.29 is 19.1 Å². The van der Waals surface area contributed by atoms with Crippen LogP contribution in [0.4, 0.5) is 5.69 Å². The van der Waals surface area contributed by atoms with Crippen LogP contribution in [0.2, 0.25) is 5.02 Å². The molecule has 0 aliphatic carbocycles. The molecule has 3 aromatic carbocycles. The third-order valence-electron chi connectivity index (χ3n) is 4.96. The molecule has 0 radical (unpaired) electrons. The highest BCUT2D eigenvalue weighted by molar-refractivity contribution is 6.31. The molecule has 8 heteroatoms. The molecule has 3 aromatic rings. The van der Waals surface area contributed by atoms with Crippen LogP contribution in [-0.4, -0.2) is 24.6 Å². The molecule has 0 aliphatic heterocycles. The Balaban J connectivity index is 1.53. The number of halogens is 1. The number of benzene rings is 3. The molecule has 0 unspecified atom stereocenters. The molecule has 3 rings (SSSR count). The zero-order valence-electron chi connectivity index (χ0n) is 19.9. The van der Waals surface area contributed by atoms with Crippen molar-refractivity contribution in [2.45, 2.75) is 33.8 Å². The van der Waals surface area contributed by atoms with Gasteiger partial charge in [0.1, 0.15) is 13.0 Å². The average Bonchev–Trinajstić information content (AvgIpc) is 2.82. The number of carbonyl (C=O) groups excluding carboxylic acids is 2. The fourth-order valence-electron chi connectivity index (χ4n) is 3.08. The maximum absolute atomic E-state index is 12.1. The molecule has 35 heavy (non-hydrogen) atoms. The van der Waals surface area contributed by atoms with Crippen LogP contribution in [0.1, 0.15) is 35.6 Å². The van der Waals surface area contributed by atoms with Crippen LogP contribution in [0.15, 0.2) is 65.8 Å². The number of rotatable bonds is 10. The predicted molar refractivity (Wildman–Crippen MR) is 138 cm³/mol. The quantitative estimate of drug-likeness (QED) is 0.224. The lowest BCUT2D eigenvalue weighted by molar-refractivity contribution is -0.126. The fraction of sp³-hybridized carbons (Fsp3) is 0.222. The minimum atomic E-state index is -0.542. The molecule has 0 aromatic heterocycles. The predicted octanol–water partition coefficient (Wildman–Crippen LogP) is 5.41. The molecule has 0 aliphatic rings. The van der Waals surface area contributed by atoms with E-state index in [9.17, 15) is 9.59 Å². The lowest BCUT2D eigenvalue weighted by atomic mass is 10.2. The van der Waals surface area contributed by atoms with Gasteiger partial charge in [-0.1, -0.05) is 47.5 Å². The summed E-state index contributed by atoms with van der Waals surface area (Å²) in [5.74, 6) is 0.180. The van der Waals surface area contributed by atoms with Gasteiger partial charge in [-0.15, -0.1) is 0 Å². The second kappa shape index (κ2) is 12.6. The van der Waals surface area contributed by atoms with E-state index in [1.165, 1.54) is 11.8 Å². The first kappa shape index (κ1) is 25.8. The first-order chi connectivity index (χ1) is 16.8. The number of carbonyl (C=O) groups is 2. The Hall–Kier alpha value is -3.84. The number of anilines is 1. The number of amides is 2. The van der Waals surface area contributed by atoms with Crippen molar-refractivity contribution in [1.29, 1.82) is 0 Å². The van der Waals surface area contributed by atoms with Crippen LogP contribution in [0.3, 0.4) is 0 Å². The molecule has 7 nitrogen and oxygen atoms in total. The number of hydrogen-bond donors (Lipinski definition) is 2. The zero-order chi connectivity index (χ0) is 25.2. The van der Waals surface area contributed by atoms with Gasteiger partial charge in [0.05, 0.1) is 12.8 Å². The van der Waals surface area contributed by atoms with Crippen molar-refractivity contribution in [1.82, 2.24) is 5.43 Å². The van der Waals surface area contributed by atoms with E-state index in [1.54, 1.807) is 36.4 Å². The Morgan fingerprint density at radius 3 is 2.43 bits per heavy atom. The van der Waals surface area contributed by atoms with Gasteiger partial charge in [-0.2, -0.15) is 5.10 Å². The molecule has 0 heterocycles. The van der Waals surface area contributed by atoms with Crippen molar-refractivity contribution in [3.63, 3.8) is 0 Å². The van der Waals surface area contributed by atoms with E-state index in [-0.39, 0.29) is 6.42 Å². The highest BCUT2D eigenvalue weighted by atomic mass is 35.5. The van der Waals surface area contributed by atoms with Crippen LogP contribution in [0.25, 0.3) is 0 Å². The smallest absolute Gasteiger partial charge is 0.249 e. The van der Waals surface area contributed by atoms with E-state index >= 15 is 0 Å². The SMILES string of the molecule is CCOc1cc(C=NNC(=O)CC(=O)Nc2ccc(C)c(Cl)c2)ccc1OCc1ccc(C)cc1. The lowest BCUT2D eigenvalue weighted by Gasteiger charge is -2.12. The summed E-state index contributed by atoms with van der Waals surface area (Å²) in [4.78, 5) is 24.2. The van der Waals surface area contributed by atoms with E-state index in [0.717, 1.165) is 11.1 Å². The molecule has 0 saturated carbocycles. The van der Waals surface area contributed by atoms with E-state index in [1.807, 2.05) is 45.0 Å². The van der Waals surface area contributed by atoms with Crippen molar-refractivity contribution >= 4 is 35.3 Å². The summed E-state index contributed by atoms with van der Waals surface area (Å²) < 4.78 is 11.6. The van der Waals surface area contributed by atoms with Crippen molar-refractivity contribution in [2.75, 3.05) is 11.9 Å². The Morgan fingerprint density at radius 2 is 1.71 bits per heavy atom. The van der Waals surface area contributed by atoms with Gasteiger partial charge in [0.15, 0.2) is 11.5 Å². The van der Waals surface area contributed by atoms with Crippen LogP contribution in [0, 0.1) is 13.8 Å². The molecule has 0 bridgehead atoms. The summed E-state index contributed by atoms with van der Waals surface area (Å²) in [7, 11) is 0. The van der Waals surface area contributed by atoms with Gasteiger partial charge in [-0.3, -0.25) is 9.59 Å². The molecule has 0 fully saturated rings. The maximum Gasteiger partial charge on any atom is 0.249 e. The van der Waals surface area contributed by atoms with Gasteiger partial charge in [-0.25, -0.2) is 5.43 Å². The molecular weight excluding hydrogens is 466 g/mol. The van der Waals surface area contributed by atoms with Gasteiger partial charge in [0, 0.05) is 10.7 Å². The summed E-state index contributed by atoms with van der Waals surface area (Å²) >= 11 is 6.05. The van der Waals surface area contributed by atoms with Crippen molar-refractivity contribution in [3.05, 3.63) is 87.9 Å². The zero-order valence-corrected chi connectivity index (χ0v) is 20.7. The highest BCUT2D eigenvalue weighted by Gasteiger charge is 2.10. The minimum Gasteiger partial charge on any atom is -0.490 e. The van der Waals surface area contributed by atoms with Gasteiger partial charge in [0.25, 0.3) is 0 Å². The molecule has 2 amide bonds. The Labute approximate surface area is 210 Å². The topological polar surface area (TPSA) is 89.0 Å². The van der Waals surface area contributed by atoms with E-state index < -0.39 is 11.8 Å². The fourth-order valence-corrected chi connectivity index (χ4v) is 3.26. The van der Waals surface area contributed by atoms with Gasteiger partial charge in [0.2, 0.25) is 11.8 Å². The average molecular weight is 494 g/mol. The summed E-state index contributed by atoms with van der Waals surface area (Å²) in [5.41, 5.74) is 6.73. The molecular formula is C27H28ClN3O4. The first-order valence-corrected chi connectivity index (χ1v) is 11.5. The molecule has 0 spiro atoms. The van der Waals surface area contributed by atoms with Crippen molar-refractivity contribution in [3.8, 4) is 11.5 Å². The van der Waals surface area contributed by atoms with E-state index in [2.05, 4.69) is 15.8 Å². The van der Waals surface area contributed by atoms with Gasteiger partial charge in [-0.05, 0) is 67.8 Å². The Morgan fingerprint density at radius 1 is 0.943 bits per heavy atom. The van der Waals surface area contributed by atoms with E-state index in [0.29, 0.717) is 41.0 Å². The third kappa shape index (κ3) is 8.15. The number of ether oxygens (including phenoxy) is 2. The lowest BCUT2D eigenvalue weighted by Crippen LogP contribution is -2.24. The third-order valence-corrected chi connectivity index (χ3v) is 5.37. The summed E-state index contributed by atoms with van der Waals surface area (Å²) in [6.45, 7) is 6.68.